The number of rotatable bonds is 0. The summed E-state index contributed by atoms with van der Waals surface area (Å²) in [6.45, 7) is 1.95. The van der Waals surface area contributed by atoms with Crippen molar-refractivity contribution in [3.63, 3.8) is 0 Å². The molecule has 0 radical (unpaired) electrons. The van der Waals surface area contributed by atoms with Crippen molar-refractivity contribution >= 4 is 48.8 Å². The molecule has 10 heavy (non-hydrogen) atoms. The lowest BCUT2D eigenvalue weighted by Crippen LogP contribution is -1.80. The standard InChI is InChI=1S/C6H5Br2N.BrH/c1-4-6(8)5(7)2-3-9-4;/h2-3H,1H3;1H. The normalized spacial score (nSPS) is 8.70. The number of hydrogen-bond donors (Lipinski definition) is 0. The lowest BCUT2D eigenvalue weighted by atomic mass is 10.4. The molecule has 1 aromatic rings. The van der Waals surface area contributed by atoms with Gasteiger partial charge in [0, 0.05) is 10.7 Å². The summed E-state index contributed by atoms with van der Waals surface area (Å²) in [5, 5.41) is 0. The van der Waals surface area contributed by atoms with Crippen LogP contribution in [0.4, 0.5) is 0 Å². The van der Waals surface area contributed by atoms with Crippen molar-refractivity contribution in [2.75, 3.05) is 0 Å². The van der Waals surface area contributed by atoms with E-state index >= 15 is 0 Å². The zero-order chi connectivity index (χ0) is 6.85. The third-order valence-electron chi connectivity index (χ3n) is 1.02. The van der Waals surface area contributed by atoms with Gasteiger partial charge in [-0.05, 0) is 44.8 Å². The van der Waals surface area contributed by atoms with Crippen molar-refractivity contribution in [1.29, 1.82) is 0 Å². The molecule has 0 aromatic carbocycles. The monoisotopic (exact) mass is 329 g/mol. The van der Waals surface area contributed by atoms with Gasteiger partial charge in [-0.1, -0.05) is 0 Å². The second-order valence-corrected chi connectivity index (χ2v) is 3.34. The van der Waals surface area contributed by atoms with Crippen molar-refractivity contribution in [1.82, 2.24) is 4.98 Å². The Morgan fingerprint density at radius 2 is 2.00 bits per heavy atom. The Kier molecular flexibility index (Phi) is 4.73. The first kappa shape index (κ1) is 10.6. The number of aryl methyl sites for hydroxylation is 1. The number of nitrogens with zero attached hydrogens (tertiary/aromatic N) is 1. The van der Waals surface area contributed by atoms with Crippen molar-refractivity contribution < 1.29 is 0 Å². The van der Waals surface area contributed by atoms with E-state index in [0.29, 0.717) is 0 Å². The molecule has 56 valence electrons. The molecule has 0 fully saturated rings. The van der Waals surface area contributed by atoms with Crippen molar-refractivity contribution in [2.45, 2.75) is 6.92 Å². The van der Waals surface area contributed by atoms with E-state index in [2.05, 4.69) is 36.8 Å². The lowest BCUT2D eigenvalue weighted by molar-refractivity contribution is 1.17. The van der Waals surface area contributed by atoms with Gasteiger partial charge in [-0.2, -0.15) is 0 Å². The summed E-state index contributed by atoms with van der Waals surface area (Å²) in [6, 6.07) is 1.90. The molecule has 1 nitrogen and oxygen atoms in total. The third kappa shape index (κ3) is 2.32. The summed E-state index contributed by atoms with van der Waals surface area (Å²) in [7, 11) is 0. The molecule has 0 spiro atoms. The molecule has 1 aromatic heterocycles. The molecule has 0 unspecified atom stereocenters. The van der Waals surface area contributed by atoms with E-state index in [-0.39, 0.29) is 17.0 Å². The van der Waals surface area contributed by atoms with E-state index in [1.807, 2.05) is 13.0 Å². The topological polar surface area (TPSA) is 12.9 Å². The third-order valence-corrected chi connectivity index (χ3v) is 3.21. The smallest absolute Gasteiger partial charge is 0.0530 e. The molecule has 0 atom stereocenters. The molecular formula is C6H6Br3N. The minimum absolute atomic E-state index is 0. The van der Waals surface area contributed by atoms with Crippen molar-refractivity contribution in [2.24, 2.45) is 0 Å². The van der Waals surface area contributed by atoms with Gasteiger partial charge in [0.1, 0.15) is 0 Å². The lowest BCUT2D eigenvalue weighted by Gasteiger charge is -1.96. The quantitative estimate of drug-likeness (QED) is 0.709. The summed E-state index contributed by atoms with van der Waals surface area (Å²) in [6.07, 6.45) is 1.77. The molecule has 0 aliphatic heterocycles. The molecule has 1 rings (SSSR count). The predicted octanol–water partition coefficient (Wildman–Crippen LogP) is 3.49. The summed E-state index contributed by atoms with van der Waals surface area (Å²) in [4.78, 5) is 4.06. The number of pyridine rings is 1. The van der Waals surface area contributed by atoms with Crippen LogP contribution in [0.2, 0.25) is 0 Å². The SMILES string of the molecule is Br.Cc1nccc(Br)c1Br. The molecule has 0 amide bonds. The number of aromatic nitrogens is 1. The van der Waals surface area contributed by atoms with Gasteiger partial charge in [-0.3, -0.25) is 4.98 Å². The first-order valence-corrected chi connectivity index (χ1v) is 4.07. The van der Waals surface area contributed by atoms with E-state index in [9.17, 15) is 0 Å². The van der Waals surface area contributed by atoms with Gasteiger partial charge in [0.25, 0.3) is 0 Å². The number of hydrogen-bond acceptors (Lipinski definition) is 1. The largest absolute Gasteiger partial charge is 0.260 e. The van der Waals surface area contributed by atoms with Crippen LogP contribution in [0.25, 0.3) is 0 Å². The molecular weight excluding hydrogens is 326 g/mol. The van der Waals surface area contributed by atoms with Crippen LogP contribution in [0, 0.1) is 6.92 Å². The minimum Gasteiger partial charge on any atom is -0.260 e. The van der Waals surface area contributed by atoms with Gasteiger partial charge in [0.05, 0.1) is 10.2 Å². The van der Waals surface area contributed by atoms with Crippen LogP contribution in [0.1, 0.15) is 5.69 Å². The predicted molar refractivity (Wildman–Crippen MR) is 54.7 cm³/mol. The Morgan fingerprint density at radius 3 is 2.40 bits per heavy atom. The molecule has 0 saturated carbocycles. The van der Waals surface area contributed by atoms with Gasteiger partial charge >= 0.3 is 0 Å². The van der Waals surface area contributed by atoms with E-state index < -0.39 is 0 Å². The fourth-order valence-corrected chi connectivity index (χ4v) is 1.16. The Hall–Kier alpha value is 0.590. The maximum Gasteiger partial charge on any atom is 0.0530 e. The average Bonchev–Trinajstić information content (AvgIpc) is 1.83. The second kappa shape index (κ2) is 4.46. The highest BCUT2D eigenvalue weighted by Crippen LogP contribution is 2.23. The van der Waals surface area contributed by atoms with E-state index in [1.54, 1.807) is 6.20 Å². The Balaban J connectivity index is 0.000000810. The highest BCUT2D eigenvalue weighted by molar-refractivity contribution is 9.13. The van der Waals surface area contributed by atoms with Gasteiger partial charge in [-0.25, -0.2) is 0 Å². The number of halogens is 3. The van der Waals surface area contributed by atoms with E-state index in [1.165, 1.54) is 0 Å². The molecule has 0 saturated heterocycles. The molecule has 0 bridgehead atoms. The van der Waals surface area contributed by atoms with Crippen LogP contribution < -0.4 is 0 Å². The Morgan fingerprint density at radius 1 is 1.40 bits per heavy atom. The van der Waals surface area contributed by atoms with Crippen LogP contribution in [-0.4, -0.2) is 4.98 Å². The first-order valence-electron chi connectivity index (χ1n) is 2.48. The summed E-state index contributed by atoms with van der Waals surface area (Å²) in [5.74, 6) is 0. The molecule has 0 aliphatic carbocycles. The second-order valence-electron chi connectivity index (χ2n) is 1.69. The molecule has 4 heteroatoms. The first-order chi connectivity index (χ1) is 4.22. The maximum atomic E-state index is 4.06. The average molecular weight is 332 g/mol. The zero-order valence-corrected chi connectivity index (χ0v) is 10.2. The highest BCUT2D eigenvalue weighted by atomic mass is 79.9. The summed E-state index contributed by atoms with van der Waals surface area (Å²) < 4.78 is 2.08. The maximum absolute atomic E-state index is 4.06. The molecule has 0 aliphatic rings. The van der Waals surface area contributed by atoms with Crippen LogP contribution >= 0.6 is 48.8 Å². The van der Waals surface area contributed by atoms with Crippen molar-refractivity contribution in [3.8, 4) is 0 Å². The van der Waals surface area contributed by atoms with Crippen LogP contribution in [0.5, 0.6) is 0 Å². The van der Waals surface area contributed by atoms with Crippen LogP contribution in [-0.2, 0) is 0 Å². The highest BCUT2D eigenvalue weighted by Gasteiger charge is 1.97. The van der Waals surface area contributed by atoms with Gasteiger partial charge in [-0.15, -0.1) is 17.0 Å². The zero-order valence-electron chi connectivity index (χ0n) is 5.27. The van der Waals surface area contributed by atoms with Crippen LogP contribution in [0.15, 0.2) is 21.2 Å². The van der Waals surface area contributed by atoms with E-state index in [0.717, 1.165) is 14.6 Å². The summed E-state index contributed by atoms with van der Waals surface area (Å²) >= 11 is 6.73. The molecule has 0 N–H and O–H groups in total. The molecule has 1 heterocycles. The minimum atomic E-state index is 0. The van der Waals surface area contributed by atoms with Gasteiger partial charge in [0.15, 0.2) is 0 Å². The fourth-order valence-electron chi connectivity index (χ4n) is 0.517. The fraction of sp³-hybridized carbons (Fsp3) is 0.167. The van der Waals surface area contributed by atoms with E-state index in [4.69, 9.17) is 0 Å². The Labute approximate surface area is 87.3 Å². The van der Waals surface area contributed by atoms with Gasteiger partial charge in [0.2, 0.25) is 0 Å². The van der Waals surface area contributed by atoms with Crippen molar-refractivity contribution in [3.05, 3.63) is 26.9 Å². The summed E-state index contributed by atoms with van der Waals surface area (Å²) in [5.41, 5.74) is 1.00. The van der Waals surface area contributed by atoms with Gasteiger partial charge < -0.3 is 0 Å². The van der Waals surface area contributed by atoms with Crippen LogP contribution in [0.3, 0.4) is 0 Å². The Bertz CT molecular complexity index is 204.